The van der Waals surface area contributed by atoms with E-state index in [9.17, 15) is 4.79 Å². The van der Waals surface area contributed by atoms with E-state index in [4.69, 9.17) is 18.9 Å². The zero-order valence-electron chi connectivity index (χ0n) is 16.7. The molecule has 7 heteroatoms. The highest BCUT2D eigenvalue weighted by Crippen LogP contribution is 2.39. The van der Waals surface area contributed by atoms with E-state index in [-0.39, 0.29) is 11.9 Å². The van der Waals surface area contributed by atoms with Crippen molar-refractivity contribution < 1.29 is 23.7 Å². The lowest BCUT2D eigenvalue weighted by Gasteiger charge is -2.22. The lowest BCUT2D eigenvalue weighted by molar-refractivity contribution is -0.130. The number of methoxy groups -OCH3 is 4. The van der Waals surface area contributed by atoms with Crippen molar-refractivity contribution in [1.29, 1.82) is 0 Å². The van der Waals surface area contributed by atoms with Crippen LogP contribution < -0.4 is 18.9 Å². The van der Waals surface area contributed by atoms with Gasteiger partial charge in [0.15, 0.2) is 11.5 Å². The van der Waals surface area contributed by atoms with Crippen molar-refractivity contribution in [3.05, 3.63) is 47.5 Å². The Morgan fingerprint density at radius 2 is 1.64 bits per heavy atom. The van der Waals surface area contributed by atoms with Crippen LogP contribution in [0.25, 0.3) is 0 Å². The van der Waals surface area contributed by atoms with Crippen molar-refractivity contribution in [3.63, 3.8) is 0 Å². The van der Waals surface area contributed by atoms with Gasteiger partial charge in [0.1, 0.15) is 11.5 Å². The molecular weight excluding hydrogens is 360 g/mol. The SMILES string of the molecule is COc1ccc([C@H]2CC(c3ccc(OC)c(OC)c3)=NN2C(C)=O)c(OC)c1. The minimum absolute atomic E-state index is 0.140. The van der Waals surface area contributed by atoms with Gasteiger partial charge in [-0.05, 0) is 30.3 Å². The van der Waals surface area contributed by atoms with Crippen molar-refractivity contribution in [1.82, 2.24) is 5.01 Å². The number of hydrazone groups is 1. The Balaban J connectivity index is 1.98. The van der Waals surface area contributed by atoms with E-state index in [0.717, 1.165) is 16.8 Å². The Morgan fingerprint density at radius 1 is 0.929 bits per heavy atom. The summed E-state index contributed by atoms with van der Waals surface area (Å²) in [6.07, 6.45) is 0.553. The molecule has 0 saturated carbocycles. The second-order valence-electron chi connectivity index (χ2n) is 6.31. The third kappa shape index (κ3) is 3.60. The maximum absolute atomic E-state index is 12.3. The third-order valence-corrected chi connectivity index (χ3v) is 4.75. The number of benzene rings is 2. The molecule has 0 spiro atoms. The molecule has 28 heavy (non-hydrogen) atoms. The van der Waals surface area contributed by atoms with E-state index >= 15 is 0 Å². The minimum atomic E-state index is -0.263. The van der Waals surface area contributed by atoms with E-state index in [1.165, 1.54) is 11.9 Å². The Morgan fingerprint density at radius 3 is 2.25 bits per heavy atom. The fourth-order valence-electron chi connectivity index (χ4n) is 3.33. The second kappa shape index (κ2) is 8.21. The zero-order chi connectivity index (χ0) is 20.3. The first-order valence-electron chi connectivity index (χ1n) is 8.84. The molecule has 7 nitrogen and oxygen atoms in total. The molecule has 1 aliphatic heterocycles. The summed E-state index contributed by atoms with van der Waals surface area (Å²) in [7, 11) is 6.38. The van der Waals surface area contributed by atoms with E-state index in [1.807, 2.05) is 36.4 Å². The molecule has 1 amide bonds. The van der Waals surface area contributed by atoms with Crippen LogP contribution in [0.3, 0.4) is 0 Å². The van der Waals surface area contributed by atoms with Gasteiger partial charge in [-0.3, -0.25) is 4.79 Å². The average Bonchev–Trinajstić information content (AvgIpc) is 3.18. The van der Waals surface area contributed by atoms with E-state index in [0.29, 0.717) is 29.4 Å². The Labute approximate surface area is 164 Å². The summed E-state index contributed by atoms with van der Waals surface area (Å²) < 4.78 is 21.5. The molecule has 0 N–H and O–H groups in total. The normalized spacial score (nSPS) is 15.8. The van der Waals surface area contributed by atoms with Crippen molar-refractivity contribution in [3.8, 4) is 23.0 Å². The number of carbonyl (C=O) groups is 1. The lowest BCUT2D eigenvalue weighted by Crippen LogP contribution is -2.24. The molecule has 0 aromatic heterocycles. The highest BCUT2D eigenvalue weighted by Gasteiger charge is 2.33. The number of hydrogen-bond acceptors (Lipinski definition) is 6. The summed E-state index contributed by atoms with van der Waals surface area (Å²) in [5.41, 5.74) is 2.54. The molecule has 3 rings (SSSR count). The van der Waals surface area contributed by atoms with Gasteiger partial charge >= 0.3 is 0 Å². The Hall–Kier alpha value is -3.22. The van der Waals surface area contributed by atoms with Crippen LogP contribution in [0, 0.1) is 0 Å². The van der Waals surface area contributed by atoms with Crippen LogP contribution in [0.5, 0.6) is 23.0 Å². The summed E-state index contributed by atoms with van der Waals surface area (Å²) in [6, 6.07) is 10.9. The van der Waals surface area contributed by atoms with Gasteiger partial charge < -0.3 is 18.9 Å². The number of carbonyl (C=O) groups excluding carboxylic acids is 1. The van der Waals surface area contributed by atoms with Gasteiger partial charge in [-0.2, -0.15) is 5.10 Å². The monoisotopic (exact) mass is 384 g/mol. The smallest absolute Gasteiger partial charge is 0.240 e. The molecule has 0 saturated heterocycles. The maximum Gasteiger partial charge on any atom is 0.240 e. The molecule has 0 bridgehead atoms. The highest BCUT2D eigenvalue weighted by atomic mass is 16.5. The largest absolute Gasteiger partial charge is 0.497 e. The molecular formula is C21H24N2O5. The first kappa shape index (κ1) is 19.5. The summed E-state index contributed by atoms with van der Waals surface area (Å²) >= 11 is 0. The number of ether oxygens (including phenoxy) is 4. The van der Waals surface area contributed by atoms with Gasteiger partial charge in [-0.25, -0.2) is 5.01 Å². The predicted octanol–water partition coefficient (Wildman–Crippen LogP) is 3.42. The van der Waals surface area contributed by atoms with Crippen LogP contribution in [0.1, 0.15) is 30.5 Å². The number of rotatable bonds is 6. The van der Waals surface area contributed by atoms with Crippen molar-refractivity contribution in [2.75, 3.05) is 28.4 Å². The highest BCUT2D eigenvalue weighted by molar-refractivity contribution is 6.03. The fraction of sp³-hybridized carbons (Fsp3) is 0.333. The molecule has 148 valence electrons. The van der Waals surface area contributed by atoms with E-state index in [2.05, 4.69) is 5.10 Å². The lowest BCUT2D eigenvalue weighted by atomic mass is 9.97. The van der Waals surface area contributed by atoms with Gasteiger partial charge in [0.05, 0.1) is 40.2 Å². The van der Waals surface area contributed by atoms with Crippen LogP contribution in [-0.2, 0) is 4.79 Å². The van der Waals surface area contributed by atoms with Crippen LogP contribution in [0.15, 0.2) is 41.5 Å². The van der Waals surface area contributed by atoms with Gasteiger partial charge in [0.25, 0.3) is 0 Å². The summed E-state index contributed by atoms with van der Waals surface area (Å²) in [6.45, 7) is 1.50. The Kier molecular flexibility index (Phi) is 5.73. The summed E-state index contributed by atoms with van der Waals surface area (Å²) in [5, 5.41) is 6.08. The van der Waals surface area contributed by atoms with Gasteiger partial charge in [-0.1, -0.05) is 0 Å². The first-order valence-corrected chi connectivity index (χ1v) is 8.84. The molecule has 2 aromatic rings. The van der Waals surface area contributed by atoms with Crippen molar-refractivity contribution in [2.24, 2.45) is 5.10 Å². The number of amides is 1. The van der Waals surface area contributed by atoms with Gasteiger partial charge in [-0.15, -0.1) is 0 Å². The topological polar surface area (TPSA) is 69.6 Å². The molecule has 0 radical (unpaired) electrons. The van der Waals surface area contributed by atoms with Crippen LogP contribution in [-0.4, -0.2) is 45.1 Å². The minimum Gasteiger partial charge on any atom is -0.497 e. The van der Waals surface area contributed by atoms with Crippen LogP contribution >= 0.6 is 0 Å². The molecule has 0 unspecified atom stereocenters. The van der Waals surface area contributed by atoms with Crippen molar-refractivity contribution >= 4 is 11.6 Å². The van der Waals surface area contributed by atoms with E-state index < -0.39 is 0 Å². The predicted molar refractivity (Wildman–Crippen MR) is 106 cm³/mol. The molecule has 1 heterocycles. The van der Waals surface area contributed by atoms with Gasteiger partial charge in [0, 0.05) is 30.5 Å². The number of hydrogen-bond donors (Lipinski definition) is 0. The van der Waals surface area contributed by atoms with Gasteiger partial charge in [0.2, 0.25) is 5.91 Å². The molecule has 0 aliphatic carbocycles. The van der Waals surface area contributed by atoms with Crippen LogP contribution in [0.2, 0.25) is 0 Å². The average molecular weight is 384 g/mol. The quantitative estimate of drug-likeness (QED) is 0.763. The second-order valence-corrected chi connectivity index (χ2v) is 6.31. The molecule has 1 atom stereocenters. The van der Waals surface area contributed by atoms with Crippen LogP contribution in [0.4, 0.5) is 0 Å². The molecule has 0 fully saturated rings. The first-order chi connectivity index (χ1) is 13.5. The summed E-state index contributed by atoms with van der Waals surface area (Å²) in [5.74, 6) is 2.45. The fourth-order valence-corrected chi connectivity index (χ4v) is 3.33. The molecule has 2 aromatic carbocycles. The van der Waals surface area contributed by atoms with Crippen molar-refractivity contribution in [2.45, 2.75) is 19.4 Å². The third-order valence-electron chi connectivity index (χ3n) is 4.75. The van der Waals surface area contributed by atoms with E-state index in [1.54, 1.807) is 28.4 Å². The Bertz CT molecular complexity index is 910. The standard InChI is InChI=1S/C21H24N2O5/c1-13(24)23-18(16-8-7-15(25-2)11-20(16)27-4)12-17(22-23)14-6-9-19(26-3)21(10-14)28-5/h6-11,18H,12H2,1-5H3/t18-/m1/s1. The number of nitrogens with zero attached hydrogens (tertiary/aromatic N) is 2. The summed E-state index contributed by atoms with van der Waals surface area (Å²) in [4.78, 5) is 12.3. The zero-order valence-corrected chi connectivity index (χ0v) is 16.7. The molecule has 1 aliphatic rings. The maximum atomic E-state index is 12.3.